The molecule has 0 amide bonds. The molecule has 0 aliphatic carbocycles. The Morgan fingerprint density at radius 1 is 1.37 bits per heavy atom. The lowest BCUT2D eigenvalue weighted by atomic mass is 10.2. The van der Waals surface area contributed by atoms with Crippen LogP contribution in [-0.4, -0.2) is 34.1 Å². The van der Waals surface area contributed by atoms with Gasteiger partial charge in [0.1, 0.15) is 6.04 Å². The molecule has 1 atom stereocenters. The zero-order chi connectivity index (χ0) is 14.6. The molecule has 0 aliphatic heterocycles. The maximum atomic E-state index is 12.3. The van der Waals surface area contributed by atoms with Gasteiger partial charge in [-0.1, -0.05) is 18.2 Å². The fourth-order valence-corrected chi connectivity index (χ4v) is 3.47. The smallest absolute Gasteiger partial charge is 0.325 e. The Bertz CT molecular complexity index is 549. The Morgan fingerprint density at radius 3 is 2.32 bits per heavy atom. The summed E-state index contributed by atoms with van der Waals surface area (Å²) >= 11 is 0. The highest BCUT2D eigenvalue weighted by Gasteiger charge is 2.27. The van der Waals surface area contributed by atoms with Crippen LogP contribution in [0.2, 0.25) is 0 Å². The Balaban J connectivity index is 3.15. The van der Waals surface area contributed by atoms with Gasteiger partial charge in [0, 0.05) is 6.54 Å². The largest absolute Gasteiger partial charge is 0.468 e. The lowest BCUT2D eigenvalue weighted by molar-refractivity contribution is -0.142. The van der Waals surface area contributed by atoms with Crippen molar-refractivity contribution in [3.8, 4) is 0 Å². The SMILES string of the molecule is COC(=O)[C@H](CN)NS(=O)(=O)c1c(C)cccc1C. The number of hydrogen-bond acceptors (Lipinski definition) is 5. The highest BCUT2D eigenvalue weighted by atomic mass is 32.2. The maximum absolute atomic E-state index is 12.3. The van der Waals surface area contributed by atoms with Crippen molar-refractivity contribution in [3.63, 3.8) is 0 Å². The van der Waals surface area contributed by atoms with Crippen LogP contribution >= 0.6 is 0 Å². The van der Waals surface area contributed by atoms with E-state index in [1.807, 2.05) is 0 Å². The third kappa shape index (κ3) is 3.52. The van der Waals surface area contributed by atoms with Crippen molar-refractivity contribution in [3.05, 3.63) is 29.3 Å². The highest BCUT2D eigenvalue weighted by Crippen LogP contribution is 2.19. The number of hydrogen-bond donors (Lipinski definition) is 2. The Morgan fingerprint density at radius 2 is 1.89 bits per heavy atom. The molecule has 0 fully saturated rings. The van der Waals surface area contributed by atoms with Gasteiger partial charge in [0.15, 0.2) is 0 Å². The average molecular weight is 286 g/mol. The summed E-state index contributed by atoms with van der Waals surface area (Å²) < 4.78 is 31.3. The number of nitrogens with two attached hydrogens (primary N) is 1. The molecule has 0 saturated heterocycles. The van der Waals surface area contributed by atoms with E-state index in [2.05, 4.69) is 9.46 Å². The predicted molar refractivity (Wildman–Crippen MR) is 71.1 cm³/mol. The molecular weight excluding hydrogens is 268 g/mol. The van der Waals surface area contributed by atoms with Crippen LogP contribution in [0.1, 0.15) is 11.1 Å². The molecule has 1 aromatic rings. The number of esters is 1. The molecule has 0 aliphatic rings. The molecule has 0 saturated carbocycles. The lowest BCUT2D eigenvalue weighted by Gasteiger charge is -2.17. The second-order valence-electron chi connectivity index (χ2n) is 4.15. The first-order chi connectivity index (χ1) is 8.83. The second-order valence-corrected chi connectivity index (χ2v) is 5.80. The zero-order valence-corrected chi connectivity index (χ0v) is 12.0. The zero-order valence-electron chi connectivity index (χ0n) is 11.1. The van der Waals surface area contributed by atoms with Crippen LogP contribution in [0.25, 0.3) is 0 Å². The van der Waals surface area contributed by atoms with E-state index < -0.39 is 22.0 Å². The van der Waals surface area contributed by atoms with Gasteiger partial charge in [-0.15, -0.1) is 0 Å². The van der Waals surface area contributed by atoms with Crippen molar-refractivity contribution in [1.29, 1.82) is 0 Å². The first-order valence-corrected chi connectivity index (χ1v) is 7.18. The number of methoxy groups -OCH3 is 1. The summed E-state index contributed by atoms with van der Waals surface area (Å²) in [7, 11) is -2.64. The van der Waals surface area contributed by atoms with Gasteiger partial charge in [0.25, 0.3) is 0 Å². The first kappa shape index (κ1) is 15.6. The normalized spacial score (nSPS) is 13.1. The Kier molecular flexibility index (Phi) is 5.04. The van der Waals surface area contributed by atoms with E-state index in [4.69, 9.17) is 5.73 Å². The van der Waals surface area contributed by atoms with Crippen LogP contribution in [0, 0.1) is 13.8 Å². The van der Waals surface area contributed by atoms with Crippen molar-refractivity contribution >= 4 is 16.0 Å². The third-order valence-corrected chi connectivity index (χ3v) is 4.47. The van der Waals surface area contributed by atoms with E-state index >= 15 is 0 Å². The molecule has 19 heavy (non-hydrogen) atoms. The van der Waals surface area contributed by atoms with Gasteiger partial charge in [0.05, 0.1) is 12.0 Å². The molecule has 0 unspecified atom stereocenters. The number of benzene rings is 1. The summed E-state index contributed by atoms with van der Waals surface area (Å²) in [6.07, 6.45) is 0. The quantitative estimate of drug-likeness (QED) is 0.747. The standard InChI is InChI=1S/C12H18N2O4S/c1-8-5-4-6-9(2)11(8)19(16,17)14-10(7-13)12(15)18-3/h4-6,10,14H,7,13H2,1-3H3/t10-/m0/s1. The average Bonchev–Trinajstić information content (AvgIpc) is 2.34. The van der Waals surface area contributed by atoms with E-state index in [-0.39, 0.29) is 11.4 Å². The van der Waals surface area contributed by atoms with Crippen LogP contribution in [0.5, 0.6) is 0 Å². The molecule has 106 valence electrons. The van der Waals surface area contributed by atoms with Crippen molar-refractivity contribution in [2.45, 2.75) is 24.8 Å². The monoisotopic (exact) mass is 286 g/mol. The van der Waals surface area contributed by atoms with Crippen LogP contribution < -0.4 is 10.5 Å². The van der Waals surface area contributed by atoms with Gasteiger partial charge in [-0.2, -0.15) is 4.72 Å². The minimum absolute atomic E-state index is 0.164. The number of rotatable bonds is 5. The minimum Gasteiger partial charge on any atom is -0.468 e. The second kappa shape index (κ2) is 6.14. The molecule has 0 spiro atoms. The number of carbonyl (C=O) groups is 1. The molecule has 3 N–H and O–H groups in total. The van der Waals surface area contributed by atoms with E-state index in [9.17, 15) is 13.2 Å². The van der Waals surface area contributed by atoms with Gasteiger partial charge < -0.3 is 10.5 Å². The number of nitrogens with one attached hydrogen (secondary N) is 1. The van der Waals surface area contributed by atoms with Gasteiger partial charge >= 0.3 is 5.97 Å². The Labute approximate surface area is 113 Å². The topological polar surface area (TPSA) is 98.5 Å². The van der Waals surface area contributed by atoms with E-state index in [1.165, 1.54) is 7.11 Å². The van der Waals surface area contributed by atoms with Crippen LogP contribution in [0.4, 0.5) is 0 Å². The third-order valence-electron chi connectivity index (χ3n) is 2.70. The number of sulfonamides is 1. The van der Waals surface area contributed by atoms with Gasteiger partial charge in [-0.3, -0.25) is 4.79 Å². The van der Waals surface area contributed by atoms with Crippen molar-refractivity contribution in [1.82, 2.24) is 4.72 Å². The molecule has 6 nitrogen and oxygen atoms in total. The van der Waals surface area contributed by atoms with E-state index in [1.54, 1.807) is 32.0 Å². The summed E-state index contributed by atoms with van der Waals surface area (Å²) in [5.74, 6) is -0.711. The van der Waals surface area contributed by atoms with E-state index in [0.29, 0.717) is 11.1 Å². The number of ether oxygens (including phenoxy) is 1. The highest BCUT2D eigenvalue weighted by molar-refractivity contribution is 7.89. The summed E-state index contributed by atoms with van der Waals surface area (Å²) in [4.78, 5) is 11.6. The predicted octanol–water partition coefficient (Wildman–Crippen LogP) is 0.0820. The molecule has 1 rings (SSSR count). The molecule has 7 heteroatoms. The molecule has 1 aromatic carbocycles. The van der Waals surface area contributed by atoms with E-state index in [0.717, 1.165) is 0 Å². The van der Waals surface area contributed by atoms with Crippen molar-refractivity contribution in [2.24, 2.45) is 5.73 Å². The fourth-order valence-electron chi connectivity index (χ4n) is 1.80. The minimum atomic E-state index is -3.82. The van der Waals surface area contributed by atoms with Gasteiger partial charge in [-0.05, 0) is 25.0 Å². The molecule has 0 bridgehead atoms. The van der Waals surface area contributed by atoms with Crippen molar-refractivity contribution < 1.29 is 17.9 Å². The summed E-state index contributed by atoms with van der Waals surface area (Å²) in [5, 5.41) is 0. The van der Waals surface area contributed by atoms with Crippen LogP contribution in [0.3, 0.4) is 0 Å². The fraction of sp³-hybridized carbons (Fsp3) is 0.417. The van der Waals surface area contributed by atoms with Crippen LogP contribution in [-0.2, 0) is 19.6 Å². The summed E-state index contributed by atoms with van der Waals surface area (Å²) in [6.45, 7) is 3.21. The lowest BCUT2D eigenvalue weighted by Crippen LogP contribution is -2.46. The molecule has 0 aromatic heterocycles. The number of carbonyl (C=O) groups excluding carboxylic acids is 1. The Hall–Kier alpha value is -1.44. The van der Waals surface area contributed by atoms with Crippen LogP contribution in [0.15, 0.2) is 23.1 Å². The number of aryl methyl sites for hydroxylation is 2. The molecular formula is C12H18N2O4S. The molecule has 0 radical (unpaired) electrons. The molecule has 0 heterocycles. The first-order valence-electron chi connectivity index (χ1n) is 5.70. The maximum Gasteiger partial charge on any atom is 0.325 e. The summed E-state index contributed by atoms with van der Waals surface area (Å²) in [5.41, 5.74) is 6.59. The van der Waals surface area contributed by atoms with Crippen molar-refractivity contribution in [2.75, 3.05) is 13.7 Å². The van der Waals surface area contributed by atoms with Gasteiger partial charge in [0.2, 0.25) is 10.0 Å². The summed E-state index contributed by atoms with van der Waals surface area (Å²) in [6, 6.07) is 4.06. The van der Waals surface area contributed by atoms with Gasteiger partial charge in [-0.25, -0.2) is 8.42 Å².